The van der Waals surface area contributed by atoms with E-state index in [2.05, 4.69) is 10.3 Å². The van der Waals surface area contributed by atoms with Gasteiger partial charge in [-0.05, 0) is 37.9 Å². The normalized spacial score (nSPS) is 16.6. The predicted octanol–water partition coefficient (Wildman–Crippen LogP) is 1.19. The first-order valence-corrected chi connectivity index (χ1v) is 9.69. The molecule has 146 valence electrons. The van der Waals surface area contributed by atoms with Gasteiger partial charge < -0.3 is 20.7 Å². The van der Waals surface area contributed by atoms with Gasteiger partial charge in [-0.3, -0.25) is 14.3 Å². The molecule has 8 nitrogen and oxygen atoms in total. The molecule has 0 unspecified atom stereocenters. The molecule has 0 saturated carbocycles. The monoisotopic (exact) mass is 383 g/mol. The summed E-state index contributed by atoms with van der Waals surface area (Å²) in [6.07, 6.45) is 4.66. The second-order valence-corrected chi connectivity index (χ2v) is 6.86. The lowest BCUT2D eigenvalue weighted by atomic mass is 10.2. The Balaban J connectivity index is 2.28. The minimum absolute atomic E-state index is 0.130. The average molecular weight is 384 g/mol. The van der Waals surface area contributed by atoms with Crippen LogP contribution < -0.4 is 27.2 Å². The summed E-state index contributed by atoms with van der Waals surface area (Å²) in [6.45, 7) is 6.37. The highest BCUT2D eigenvalue weighted by Gasteiger charge is 2.23. The maximum atomic E-state index is 12.5. The SMILES string of the molecule is CCCCn1c(N)c(N(CCC)C(=S)NC[C@H]2CCCO2)c(=O)[nH]c1=O. The number of unbranched alkanes of at least 4 members (excludes halogenated alkanes) is 1. The Morgan fingerprint density at radius 3 is 2.81 bits per heavy atom. The van der Waals surface area contributed by atoms with Crippen molar-refractivity contribution >= 4 is 28.8 Å². The lowest BCUT2D eigenvalue weighted by molar-refractivity contribution is 0.114. The van der Waals surface area contributed by atoms with Crippen molar-refractivity contribution in [3.8, 4) is 0 Å². The fourth-order valence-corrected chi connectivity index (χ4v) is 3.28. The van der Waals surface area contributed by atoms with Crippen LogP contribution in [-0.4, -0.2) is 40.5 Å². The molecule has 2 rings (SSSR count). The van der Waals surface area contributed by atoms with Crippen LogP contribution in [0.4, 0.5) is 11.5 Å². The van der Waals surface area contributed by atoms with Crippen LogP contribution in [0.25, 0.3) is 0 Å². The maximum absolute atomic E-state index is 12.5. The van der Waals surface area contributed by atoms with Crippen LogP contribution in [0.1, 0.15) is 46.0 Å². The van der Waals surface area contributed by atoms with Crippen molar-refractivity contribution in [1.29, 1.82) is 0 Å². The second-order valence-electron chi connectivity index (χ2n) is 6.47. The van der Waals surface area contributed by atoms with Gasteiger partial charge in [0.1, 0.15) is 5.82 Å². The van der Waals surface area contributed by atoms with Crippen LogP contribution in [0.5, 0.6) is 0 Å². The van der Waals surface area contributed by atoms with E-state index in [0.29, 0.717) is 24.7 Å². The minimum atomic E-state index is -0.519. The fourth-order valence-electron chi connectivity index (χ4n) is 3.02. The molecule has 26 heavy (non-hydrogen) atoms. The molecule has 0 radical (unpaired) electrons. The third-order valence-electron chi connectivity index (χ3n) is 4.42. The topological polar surface area (TPSA) is 105 Å². The lowest BCUT2D eigenvalue weighted by Crippen LogP contribution is -2.47. The van der Waals surface area contributed by atoms with Gasteiger partial charge in [-0.15, -0.1) is 0 Å². The van der Waals surface area contributed by atoms with Crippen LogP contribution >= 0.6 is 12.2 Å². The number of hydrogen-bond donors (Lipinski definition) is 3. The number of nitrogens with zero attached hydrogens (tertiary/aromatic N) is 2. The number of ether oxygens (including phenoxy) is 1. The van der Waals surface area contributed by atoms with E-state index in [1.54, 1.807) is 4.90 Å². The molecule has 1 aromatic heterocycles. The average Bonchev–Trinajstić information content (AvgIpc) is 3.12. The third-order valence-corrected chi connectivity index (χ3v) is 4.78. The van der Waals surface area contributed by atoms with Gasteiger partial charge in [0.25, 0.3) is 5.56 Å². The first kappa shape index (κ1) is 20.4. The molecule has 0 aliphatic carbocycles. The zero-order valence-electron chi connectivity index (χ0n) is 15.5. The van der Waals surface area contributed by atoms with Gasteiger partial charge in [0, 0.05) is 26.2 Å². The molecule has 1 atom stereocenters. The van der Waals surface area contributed by atoms with E-state index in [-0.39, 0.29) is 17.6 Å². The number of aromatic nitrogens is 2. The molecule has 2 heterocycles. The van der Waals surface area contributed by atoms with Gasteiger partial charge in [0.2, 0.25) is 0 Å². The van der Waals surface area contributed by atoms with Gasteiger partial charge in [0.05, 0.1) is 6.10 Å². The zero-order chi connectivity index (χ0) is 19.1. The summed E-state index contributed by atoms with van der Waals surface area (Å²) in [5, 5.41) is 3.59. The first-order chi connectivity index (χ1) is 12.5. The van der Waals surface area contributed by atoms with Gasteiger partial charge in [0.15, 0.2) is 10.8 Å². The molecule has 0 aromatic carbocycles. The molecule has 1 fully saturated rings. The summed E-state index contributed by atoms with van der Waals surface area (Å²) in [5.74, 6) is 0.155. The number of aromatic amines is 1. The van der Waals surface area contributed by atoms with Crippen molar-refractivity contribution in [3.05, 3.63) is 20.8 Å². The molecule has 0 spiro atoms. The van der Waals surface area contributed by atoms with Gasteiger partial charge in [-0.2, -0.15) is 0 Å². The van der Waals surface area contributed by atoms with Crippen LogP contribution in [0.3, 0.4) is 0 Å². The quantitative estimate of drug-likeness (QED) is 0.579. The Labute approximate surface area is 158 Å². The third kappa shape index (κ3) is 4.85. The molecule has 0 bridgehead atoms. The second kappa shape index (κ2) is 9.72. The molecule has 1 aromatic rings. The van der Waals surface area contributed by atoms with Crippen LogP contribution in [0.15, 0.2) is 9.59 Å². The smallest absolute Gasteiger partial charge is 0.330 e. The molecular weight excluding hydrogens is 354 g/mol. The Morgan fingerprint density at radius 1 is 1.42 bits per heavy atom. The molecule has 9 heteroatoms. The molecule has 1 saturated heterocycles. The Bertz CT molecular complexity index is 724. The molecule has 4 N–H and O–H groups in total. The number of nitrogens with one attached hydrogen (secondary N) is 2. The highest BCUT2D eigenvalue weighted by atomic mass is 32.1. The highest BCUT2D eigenvalue weighted by molar-refractivity contribution is 7.80. The van der Waals surface area contributed by atoms with E-state index < -0.39 is 11.2 Å². The summed E-state index contributed by atoms with van der Waals surface area (Å²) in [7, 11) is 0. The van der Waals surface area contributed by atoms with Crippen LogP contribution in [0.2, 0.25) is 0 Å². The van der Waals surface area contributed by atoms with Crippen molar-refractivity contribution in [1.82, 2.24) is 14.9 Å². The summed E-state index contributed by atoms with van der Waals surface area (Å²) < 4.78 is 7.00. The van der Waals surface area contributed by atoms with Gasteiger partial charge in [-0.1, -0.05) is 20.3 Å². The summed E-state index contributed by atoms with van der Waals surface area (Å²) in [6, 6.07) is 0. The first-order valence-electron chi connectivity index (χ1n) is 9.29. The Morgan fingerprint density at radius 2 is 2.19 bits per heavy atom. The Kier molecular flexibility index (Phi) is 7.65. The van der Waals surface area contributed by atoms with Crippen LogP contribution in [0, 0.1) is 0 Å². The number of anilines is 2. The zero-order valence-corrected chi connectivity index (χ0v) is 16.4. The van der Waals surface area contributed by atoms with Gasteiger partial charge in [-0.25, -0.2) is 4.79 Å². The predicted molar refractivity (Wildman–Crippen MR) is 108 cm³/mol. The van der Waals surface area contributed by atoms with E-state index in [4.69, 9.17) is 22.7 Å². The largest absolute Gasteiger partial charge is 0.383 e. The fraction of sp³-hybridized carbons (Fsp3) is 0.706. The van der Waals surface area contributed by atoms with E-state index in [9.17, 15) is 9.59 Å². The van der Waals surface area contributed by atoms with Crippen LogP contribution in [-0.2, 0) is 11.3 Å². The van der Waals surface area contributed by atoms with Gasteiger partial charge >= 0.3 is 5.69 Å². The molecule has 0 amide bonds. The lowest BCUT2D eigenvalue weighted by Gasteiger charge is -2.27. The summed E-state index contributed by atoms with van der Waals surface area (Å²) in [5.41, 5.74) is 5.43. The summed E-state index contributed by atoms with van der Waals surface area (Å²) in [4.78, 5) is 28.6. The van der Waals surface area contributed by atoms with Crippen molar-refractivity contribution in [2.45, 2.75) is 58.6 Å². The summed E-state index contributed by atoms with van der Waals surface area (Å²) >= 11 is 5.50. The van der Waals surface area contributed by atoms with E-state index >= 15 is 0 Å². The van der Waals surface area contributed by atoms with Crippen molar-refractivity contribution in [2.75, 3.05) is 30.3 Å². The number of H-pyrrole nitrogens is 1. The standard InChI is InChI=1S/C17H29N5O3S/c1-3-5-9-22-14(18)13(15(23)20-16(22)24)21(8-4-2)17(26)19-11-12-7-6-10-25-12/h12H,3-11,18H2,1-2H3,(H,19,26)(H,20,23,24)/t12-/m1/s1. The highest BCUT2D eigenvalue weighted by Crippen LogP contribution is 2.18. The van der Waals surface area contributed by atoms with Crippen molar-refractivity contribution < 1.29 is 4.74 Å². The number of hydrogen-bond acceptors (Lipinski definition) is 5. The molecule has 1 aliphatic rings. The number of rotatable bonds is 8. The number of thiocarbonyl (C=S) groups is 1. The van der Waals surface area contributed by atoms with E-state index in [1.807, 2.05) is 13.8 Å². The van der Waals surface area contributed by atoms with E-state index in [0.717, 1.165) is 38.7 Å². The van der Waals surface area contributed by atoms with Crippen molar-refractivity contribution in [3.63, 3.8) is 0 Å². The maximum Gasteiger partial charge on any atom is 0.330 e. The number of nitrogens with two attached hydrogens (primary N) is 1. The minimum Gasteiger partial charge on any atom is -0.383 e. The molecular formula is C17H29N5O3S. The Hall–Kier alpha value is -1.87. The number of nitrogen functional groups attached to an aromatic ring is 1. The van der Waals surface area contributed by atoms with E-state index in [1.165, 1.54) is 4.57 Å². The van der Waals surface area contributed by atoms with Crippen molar-refractivity contribution in [2.24, 2.45) is 0 Å². The molecule has 1 aliphatic heterocycles.